The number of carbonyl (C=O) groups excluding carboxylic acids is 1. The molecule has 8 heteroatoms. The van der Waals surface area contributed by atoms with Crippen LogP contribution in [0, 0.1) is 15.9 Å². The second kappa shape index (κ2) is 7.85. The summed E-state index contributed by atoms with van der Waals surface area (Å²) < 4.78 is 13.7. The van der Waals surface area contributed by atoms with E-state index in [-0.39, 0.29) is 28.8 Å². The number of nitrogens with one attached hydrogen (secondary N) is 2. The van der Waals surface area contributed by atoms with Crippen molar-refractivity contribution in [2.75, 3.05) is 11.9 Å². The second-order valence-corrected chi connectivity index (χ2v) is 5.53. The van der Waals surface area contributed by atoms with Gasteiger partial charge < -0.3 is 10.6 Å². The summed E-state index contributed by atoms with van der Waals surface area (Å²) in [5.74, 6) is -0.852. The average molecular weight is 352 g/mol. The van der Waals surface area contributed by atoms with Crippen molar-refractivity contribution in [3.8, 4) is 0 Å². The summed E-state index contributed by atoms with van der Waals surface area (Å²) in [6.07, 6.45) is 0. The van der Waals surface area contributed by atoms with E-state index in [2.05, 4.69) is 10.6 Å². The number of nitrogens with zero attached hydrogens (tertiary/aromatic N) is 1. The van der Waals surface area contributed by atoms with Gasteiger partial charge in [0.15, 0.2) is 0 Å². The summed E-state index contributed by atoms with van der Waals surface area (Å²) in [4.78, 5) is 22.3. The van der Waals surface area contributed by atoms with Gasteiger partial charge >= 0.3 is 0 Å². The van der Waals surface area contributed by atoms with E-state index in [0.29, 0.717) is 5.56 Å². The predicted molar refractivity (Wildman–Crippen MR) is 89.6 cm³/mol. The third kappa shape index (κ3) is 4.50. The number of hydrogen-bond acceptors (Lipinski definition) is 4. The highest BCUT2D eigenvalue weighted by molar-refractivity contribution is 6.31. The van der Waals surface area contributed by atoms with E-state index < -0.39 is 16.9 Å². The van der Waals surface area contributed by atoms with E-state index in [1.807, 2.05) is 0 Å². The number of rotatable bonds is 6. The lowest BCUT2D eigenvalue weighted by molar-refractivity contribution is -0.383. The van der Waals surface area contributed by atoms with Gasteiger partial charge in [0.1, 0.15) is 11.5 Å². The van der Waals surface area contributed by atoms with Crippen LogP contribution in [-0.4, -0.2) is 17.4 Å². The Morgan fingerprint density at radius 1 is 1.33 bits per heavy atom. The fourth-order valence-electron chi connectivity index (χ4n) is 2.14. The predicted octanol–water partition coefficient (Wildman–Crippen LogP) is 3.68. The van der Waals surface area contributed by atoms with Crippen molar-refractivity contribution in [3.05, 3.63) is 69.0 Å². The van der Waals surface area contributed by atoms with E-state index in [9.17, 15) is 19.3 Å². The van der Waals surface area contributed by atoms with Gasteiger partial charge in [-0.1, -0.05) is 29.8 Å². The molecule has 2 rings (SSSR count). The van der Waals surface area contributed by atoms with Crippen molar-refractivity contribution >= 4 is 28.9 Å². The van der Waals surface area contributed by atoms with E-state index in [1.165, 1.54) is 18.2 Å². The minimum Gasteiger partial charge on any atom is -0.319 e. The van der Waals surface area contributed by atoms with E-state index in [0.717, 1.165) is 6.07 Å². The molecule has 0 saturated carbocycles. The lowest BCUT2D eigenvalue weighted by atomic mass is 10.1. The standard InChI is InChI=1S/C16H15ClFN3O3/c1-10(12-4-2-3-5-13(12)18)19-9-16(22)20-14-7-6-11(17)8-15(14)21(23)24/h2-8,10,19H,9H2,1H3,(H,20,22). The van der Waals surface area contributed by atoms with Crippen molar-refractivity contribution < 1.29 is 14.1 Å². The number of hydrogen-bond donors (Lipinski definition) is 2. The second-order valence-electron chi connectivity index (χ2n) is 5.09. The Balaban J connectivity index is 1.99. The number of benzene rings is 2. The Kier molecular flexibility index (Phi) is 5.83. The first-order valence-corrected chi connectivity index (χ1v) is 7.48. The molecule has 0 aliphatic heterocycles. The Hall–Kier alpha value is -2.51. The minimum absolute atomic E-state index is 0.0507. The molecule has 1 atom stereocenters. The minimum atomic E-state index is -0.628. The molecule has 1 unspecified atom stereocenters. The summed E-state index contributed by atoms with van der Waals surface area (Å²) in [6.45, 7) is 1.59. The van der Waals surface area contributed by atoms with Gasteiger partial charge in [-0.05, 0) is 25.1 Å². The van der Waals surface area contributed by atoms with Crippen molar-refractivity contribution in [3.63, 3.8) is 0 Å². The summed E-state index contributed by atoms with van der Waals surface area (Å²) >= 11 is 5.72. The largest absolute Gasteiger partial charge is 0.319 e. The van der Waals surface area contributed by atoms with Gasteiger partial charge in [-0.15, -0.1) is 0 Å². The maximum Gasteiger partial charge on any atom is 0.294 e. The monoisotopic (exact) mass is 351 g/mol. The summed E-state index contributed by atoms with van der Waals surface area (Å²) in [6, 6.07) is 9.81. The highest BCUT2D eigenvalue weighted by atomic mass is 35.5. The normalized spacial score (nSPS) is 11.8. The number of nitro groups is 1. The van der Waals surface area contributed by atoms with Gasteiger partial charge in [-0.2, -0.15) is 0 Å². The molecule has 2 N–H and O–H groups in total. The molecule has 24 heavy (non-hydrogen) atoms. The maximum absolute atomic E-state index is 13.7. The molecule has 126 valence electrons. The van der Waals surface area contributed by atoms with Gasteiger partial charge in [0.2, 0.25) is 5.91 Å². The summed E-state index contributed by atoms with van der Waals surface area (Å²) in [5, 5.41) is 16.5. The molecule has 0 bridgehead atoms. The van der Waals surface area contributed by atoms with E-state index in [4.69, 9.17) is 11.6 Å². The lowest BCUT2D eigenvalue weighted by Gasteiger charge is -2.15. The molecule has 6 nitrogen and oxygen atoms in total. The van der Waals surface area contributed by atoms with Crippen LogP contribution < -0.4 is 10.6 Å². The van der Waals surface area contributed by atoms with Crippen molar-refractivity contribution in [2.24, 2.45) is 0 Å². The Morgan fingerprint density at radius 3 is 2.71 bits per heavy atom. The van der Waals surface area contributed by atoms with Crippen LogP contribution in [0.25, 0.3) is 0 Å². The number of halogens is 2. The van der Waals surface area contributed by atoms with E-state index in [1.54, 1.807) is 25.1 Å². The first-order valence-electron chi connectivity index (χ1n) is 7.10. The molecule has 1 amide bonds. The molecule has 2 aromatic rings. The molecule has 0 aromatic heterocycles. The lowest BCUT2D eigenvalue weighted by Crippen LogP contribution is -2.30. The molecule has 0 aliphatic rings. The van der Waals surface area contributed by atoms with Gasteiger partial charge in [0, 0.05) is 22.7 Å². The fourth-order valence-corrected chi connectivity index (χ4v) is 2.30. The van der Waals surface area contributed by atoms with Gasteiger partial charge in [0.05, 0.1) is 11.5 Å². The van der Waals surface area contributed by atoms with Crippen LogP contribution in [0.2, 0.25) is 5.02 Å². The molecular formula is C16H15ClFN3O3. The first-order chi connectivity index (χ1) is 11.4. The first kappa shape index (κ1) is 17.8. The molecule has 0 aliphatic carbocycles. The van der Waals surface area contributed by atoms with Crippen LogP contribution >= 0.6 is 11.6 Å². The van der Waals surface area contributed by atoms with Crippen LogP contribution in [0.15, 0.2) is 42.5 Å². The zero-order valence-electron chi connectivity index (χ0n) is 12.8. The highest BCUT2D eigenvalue weighted by Gasteiger charge is 2.17. The Bertz CT molecular complexity index is 770. The van der Waals surface area contributed by atoms with Crippen LogP contribution in [-0.2, 0) is 4.79 Å². The summed E-state index contributed by atoms with van der Waals surface area (Å²) in [7, 11) is 0. The van der Waals surface area contributed by atoms with Crippen molar-refractivity contribution in [2.45, 2.75) is 13.0 Å². The molecular weight excluding hydrogens is 337 g/mol. The molecule has 0 saturated heterocycles. The van der Waals surface area contributed by atoms with Crippen LogP contribution in [0.1, 0.15) is 18.5 Å². The third-order valence-corrected chi connectivity index (χ3v) is 3.61. The molecule has 0 fully saturated rings. The van der Waals surface area contributed by atoms with Gasteiger partial charge in [-0.25, -0.2) is 4.39 Å². The molecule has 2 aromatic carbocycles. The summed E-state index contributed by atoms with van der Waals surface area (Å²) in [5.41, 5.74) is 0.190. The number of nitro benzene ring substituents is 1. The number of carbonyl (C=O) groups is 1. The van der Waals surface area contributed by atoms with Crippen molar-refractivity contribution in [1.29, 1.82) is 0 Å². The third-order valence-electron chi connectivity index (χ3n) is 3.37. The SMILES string of the molecule is CC(NCC(=O)Nc1ccc(Cl)cc1[N+](=O)[O-])c1ccccc1F. The quantitative estimate of drug-likeness (QED) is 0.614. The Labute approximate surface area is 142 Å². The topological polar surface area (TPSA) is 84.3 Å². The number of amides is 1. The van der Waals surface area contributed by atoms with E-state index >= 15 is 0 Å². The Morgan fingerprint density at radius 2 is 2.04 bits per heavy atom. The fraction of sp³-hybridized carbons (Fsp3) is 0.188. The zero-order valence-corrected chi connectivity index (χ0v) is 13.5. The molecule has 0 radical (unpaired) electrons. The van der Waals surface area contributed by atoms with Crippen molar-refractivity contribution in [1.82, 2.24) is 5.32 Å². The smallest absolute Gasteiger partial charge is 0.294 e. The highest BCUT2D eigenvalue weighted by Crippen LogP contribution is 2.27. The van der Waals surface area contributed by atoms with Crippen LogP contribution in [0.4, 0.5) is 15.8 Å². The average Bonchev–Trinajstić information content (AvgIpc) is 2.54. The molecule has 0 spiro atoms. The van der Waals surface area contributed by atoms with Crippen LogP contribution in [0.5, 0.6) is 0 Å². The van der Waals surface area contributed by atoms with Gasteiger partial charge in [-0.3, -0.25) is 14.9 Å². The van der Waals surface area contributed by atoms with Gasteiger partial charge in [0.25, 0.3) is 5.69 Å². The zero-order chi connectivity index (χ0) is 17.7. The molecule has 0 heterocycles. The number of anilines is 1. The van der Waals surface area contributed by atoms with Crippen LogP contribution in [0.3, 0.4) is 0 Å². The maximum atomic E-state index is 13.7.